The first kappa shape index (κ1) is 9.59. The standard InChI is InChI=1S/C13H12NO/c15-11-13-6-4-12(5-7-13)10-14-8-2-1-3-9-14/h1-9,11H,10H2/q+1. The number of aromatic nitrogens is 1. The minimum atomic E-state index is 0.719. The molecule has 0 atom stereocenters. The number of benzene rings is 1. The number of carbonyl (C=O) groups excluding carboxylic acids is 1. The van der Waals surface area contributed by atoms with E-state index in [1.165, 1.54) is 5.56 Å². The highest BCUT2D eigenvalue weighted by Gasteiger charge is 2.00. The number of carbonyl (C=O) groups is 1. The fourth-order valence-electron chi connectivity index (χ4n) is 1.45. The van der Waals surface area contributed by atoms with Gasteiger partial charge in [0.1, 0.15) is 6.29 Å². The zero-order valence-electron chi connectivity index (χ0n) is 8.34. The summed E-state index contributed by atoms with van der Waals surface area (Å²) >= 11 is 0. The quantitative estimate of drug-likeness (QED) is 0.544. The lowest BCUT2D eigenvalue weighted by Crippen LogP contribution is -2.32. The molecule has 0 N–H and O–H groups in total. The molecule has 74 valence electrons. The first-order chi connectivity index (χ1) is 7.38. The molecule has 2 rings (SSSR count). The third-order valence-electron chi connectivity index (χ3n) is 2.26. The molecule has 0 spiro atoms. The molecule has 15 heavy (non-hydrogen) atoms. The normalized spacial score (nSPS) is 9.87. The summed E-state index contributed by atoms with van der Waals surface area (Å²) in [7, 11) is 0. The molecular formula is C13H12NO+. The number of hydrogen-bond donors (Lipinski definition) is 0. The summed E-state index contributed by atoms with van der Waals surface area (Å²) in [4.78, 5) is 10.5. The molecule has 0 radical (unpaired) electrons. The molecule has 1 heterocycles. The van der Waals surface area contributed by atoms with Gasteiger partial charge in [0.25, 0.3) is 0 Å². The van der Waals surface area contributed by atoms with Gasteiger partial charge in [0.05, 0.1) is 0 Å². The first-order valence-corrected chi connectivity index (χ1v) is 4.87. The van der Waals surface area contributed by atoms with Crippen molar-refractivity contribution in [3.05, 3.63) is 66.0 Å². The van der Waals surface area contributed by atoms with Crippen molar-refractivity contribution in [2.24, 2.45) is 0 Å². The molecule has 2 heteroatoms. The Morgan fingerprint density at radius 3 is 2.27 bits per heavy atom. The van der Waals surface area contributed by atoms with E-state index in [0.717, 1.165) is 18.4 Å². The largest absolute Gasteiger partial charge is 0.298 e. The van der Waals surface area contributed by atoms with Crippen molar-refractivity contribution in [1.82, 2.24) is 0 Å². The van der Waals surface area contributed by atoms with Crippen molar-refractivity contribution < 1.29 is 9.36 Å². The van der Waals surface area contributed by atoms with Crippen LogP contribution in [0.3, 0.4) is 0 Å². The minimum absolute atomic E-state index is 0.719. The van der Waals surface area contributed by atoms with Gasteiger partial charge in [-0.25, -0.2) is 4.57 Å². The van der Waals surface area contributed by atoms with Crippen molar-refractivity contribution in [3.63, 3.8) is 0 Å². The molecule has 0 fully saturated rings. The molecule has 0 saturated heterocycles. The fraction of sp³-hybridized carbons (Fsp3) is 0.0769. The summed E-state index contributed by atoms with van der Waals surface area (Å²) in [5.74, 6) is 0. The highest BCUT2D eigenvalue weighted by molar-refractivity contribution is 5.74. The van der Waals surface area contributed by atoms with Crippen LogP contribution in [-0.4, -0.2) is 6.29 Å². The monoisotopic (exact) mass is 198 g/mol. The predicted molar refractivity (Wildman–Crippen MR) is 57.6 cm³/mol. The highest BCUT2D eigenvalue weighted by atomic mass is 16.1. The predicted octanol–water partition coefficient (Wildman–Crippen LogP) is 1.83. The highest BCUT2D eigenvalue weighted by Crippen LogP contribution is 2.01. The smallest absolute Gasteiger partial charge is 0.173 e. The van der Waals surface area contributed by atoms with Gasteiger partial charge in [-0.3, -0.25) is 4.79 Å². The van der Waals surface area contributed by atoms with Gasteiger partial charge in [0.2, 0.25) is 0 Å². The molecule has 0 bridgehead atoms. The molecule has 0 aliphatic rings. The van der Waals surface area contributed by atoms with E-state index in [1.807, 2.05) is 54.9 Å². The SMILES string of the molecule is O=Cc1ccc(C[n+]2ccccc2)cc1. The van der Waals surface area contributed by atoms with Crippen LogP contribution in [-0.2, 0) is 6.54 Å². The number of hydrogen-bond acceptors (Lipinski definition) is 1. The second kappa shape index (κ2) is 4.51. The van der Waals surface area contributed by atoms with Gasteiger partial charge in [0.15, 0.2) is 18.9 Å². The Balaban J connectivity index is 2.15. The number of rotatable bonds is 3. The van der Waals surface area contributed by atoms with Crippen LogP contribution in [0.5, 0.6) is 0 Å². The molecule has 0 amide bonds. The van der Waals surface area contributed by atoms with Gasteiger partial charge >= 0.3 is 0 Å². The summed E-state index contributed by atoms with van der Waals surface area (Å²) in [6, 6.07) is 13.6. The van der Waals surface area contributed by atoms with Crippen molar-refractivity contribution in [2.75, 3.05) is 0 Å². The Morgan fingerprint density at radius 1 is 1.00 bits per heavy atom. The molecule has 1 aromatic heterocycles. The molecule has 0 saturated carbocycles. The van der Waals surface area contributed by atoms with E-state index in [0.29, 0.717) is 0 Å². The average Bonchev–Trinajstić information content (AvgIpc) is 2.31. The van der Waals surface area contributed by atoms with Crippen molar-refractivity contribution >= 4 is 6.29 Å². The van der Waals surface area contributed by atoms with Crippen LogP contribution < -0.4 is 4.57 Å². The van der Waals surface area contributed by atoms with Crippen molar-refractivity contribution in [3.8, 4) is 0 Å². The Morgan fingerprint density at radius 2 is 1.67 bits per heavy atom. The summed E-state index contributed by atoms with van der Waals surface area (Å²) in [5.41, 5.74) is 1.91. The van der Waals surface area contributed by atoms with Crippen LogP contribution in [0.15, 0.2) is 54.9 Å². The van der Waals surface area contributed by atoms with E-state index in [-0.39, 0.29) is 0 Å². The molecule has 0 aliphatic heterocycles. The Bertz CT molecular complexity index is 434. The number of pyridine rings is 1. The maximum atomic E-state index is 10.5. The maximum absolute atomic E-state index is 10.5. The van der Waals surface area contributed by atoms with Gasteiger partial charge in [0, 0.05) is 23.3 Å². The molecule has 2 aromatic rings. The fourth-order valence-corrected chi connectivity index (χ4v) is 1.45. The Hall–Kier alpha value is -1.96. The number of nitrogens with zero attached hydrogens (tertiary/aromatic N) is 1. The zero-order valence-corrected chi connectivity index (χ0v) is 8.34. The zero-order chi connectivity index (χ0) is 10.5. The summed E-state index contributed by atoms with van der Waals surface area (Å²) < 4.78 is 2.09. The average molecular weight is 198 g/mol. The van der Waals surface area contributed by atoms with Crippen LogP contribution in [0, 0.1) is 0 Å². The van der Waals surface area contributed by atoms with Crippen LogP contribution >= 0.6 is 0 Å². The van der Waals surface area contributed by atoms with Gasteiger partial charge in [-0.05, 0) is 0 Å². The first-order valence-electron chi connectivity index (χ1n) is 4.87. The Labute approximate surface area is 88.8 Å². The lowest BCUT2D eigenvalue weighted by molar-refractivity contribution is -0.688. The van der Waals surface area contributed by atoms with Gasteiger partial charge in [-0.2, -0.15) is 0 Å². The third kappa shape index (κ3) is 2.50. The van der Waals surface area contributed by atoms with Gasteiger partial charge in [-0.15, -0.1) is 0 Å². The summed E-state index contributed by atoms with van der Waals surface area (Å²) in [6.45, 7) is 0.833. The van der Waals surface area contributed by atoms with Crippen LogP contribution in [0.25, 0.3) is 0 Å². The van der Waals surface area contributed by atoms with Crippen LogP contribution in [0.2, 0.25) is 0 Å². The number of aldehydes is 1. The molecule has 0 unspecified atom stereocenters. The van der Waals surface area contributed by atoms with Crippen LogP contribution in [0.4, 0.5) is 0 Å². The maximum Gasteiger partial charge on any atom is 0.173 e. The van der Waals surface area contributed by atoms with E-state index in [1.54, 1.807) is 0 Å². The molecule has 2 nitrogen and oxygen atoms in total. The van der Waals surface area contributed by atoms with E-state index in [2.05, 4.69) is 4.57 Å². The van der Waals surface area contributed by atoms with Gasteiger partial charge < -0.3 is 0 Å². The van der Waals surface area contributed by atoms with E-state index >= 15 is 0 Å². The molecule has 1 aromatic carbocycles. The molecule has 0 aliphatic carbocycles. The Kier molecular flexibility index (Phi) is 2.88. The molecular weight excluding hydrogens is 186 g/mol. The van der Waals surface area contributed by atoms with Gasteiger partial charge in [-0.1, -0.05) is 30.3 Å². The minimum Gasteiger partial charge on any atom is -0.298 e. The lowest BCUT2D eigenvalue weighted by atomic mass is 10.1. The second-order valence-corrected chi connectivity index (χ2v) is 3.41. The van der Waals surface area contributed by atoms with E-state index in [4.69, 9.17) is 0 Å². The lowest BCUT2D eigenvalue weighted by Gasteiger charge is -1.97. The van der Waals surface area contributed by atoms with E-state index < -0.39 is 0 Å². The topological polar surface area (TPSA) is 20.9 Å². The van der Waals surface area contributed by atoms with Crippen LogP contribution in [0.1, 0.15) is 15.9 Å². The third-order valence-corrected chi connectivity index (χ3v) is 2.26. The summed E-state index contributed by atoms with van der Waals surface area (Å²) in [5, 5.41) is 0. The van der Waals surface area contributed by atoms with Crippen molar-refractivity contribution in [2.45, 2.75) is 6.54 Å². The van der Waals surface area contributed by atoms with Crippen molar-refractivity contribution in [1.29, 1.82) is 0 Å². The second-order valence-electron chi connectivity index (χ2n) is 3.41. The summed E-state index contributed by atoms with van der Waals surface area (Å²) in [6.07, 6.45) is 4.90. The van der Waals surface area contributed by atoms with E-state index in [9.17, 15) is 4.79 Å².